The molecule has 1 N–H and O–H groups in total. The highest BCUT2D eigenvalue weighted by molar-refractivity contribution is 5.82. The van der Waals surface area contributed by atoms with Gasteiger partial charge in [0.05, 0.1) is 5.52 Å². The molecule has 4 aromatic rings. The molecule has 0 unspecified atom stereocenters. The van der Waals surface area contributed by atoms with Crippen LogP contribution in [0.15, 0.2) is 65.2 Å². The molecule has 4 rings (SSSR count). The highest BCUT2D eigenvalue weighted by Crippen LogP contribution is 2.22. The number of hydrogen-bond donors (Lipinski definition) is 1. The summed E-state index contributed by atoms with van der Waals surface area (Å²) >= 11 is 0. The molecule has 2 heterocycles. The Bertz CT molecular complexity index is 1130. The molecular weight excluding hydrogens is 364 g/mol. The van der Waals surface area contributed by atoms with Crippen LogP contribution in [0.25, 0.3) is 22.4 Å². The smallest absolute Gasteiger partial charge is 0.247 e. The molecule has 0 bridgehead atoms. The van der Waals surface area contributed by atoms with Crippen LogP contribution in [0, 0.1) is 0 Å². The first-order valence-electron chi connectivity index (χ1n) is 9.61. The zero-order valence-electron chi connectivity index (χ0n) is 16.4. The van der Waals surface area contributed by atoms with Crippen molar-refractivity contribution in [3.63, 3.8) is 0 Å². The third-order valence-corrected chi connectivity index (χ3v) is 4.76. The summed E-state index contributed by atoms with van der Waals surface area (Å²) in [4.78, 5) is 16.5. The summed E-state index contributed by atoms with van der Waals surface area (Å²) in [6, 6.07) is 17.9. The van der Waals surface area contributed by atoms with E-state index < -0.39 is 0 Å². The Labute approximate surface area is 169 Å². The van der Waals surface area contributed by atoms with Crippen molar-refractivity contribution in [1.29, 1.82) is 0 Å². The average Bonchev–Trinajstić information content (AvgIpc) is 3.20. The maximum Gasteiger partial charge on any atom is 0.247 e. The molecule has 0 saturated heterocycles. The van der Waals surface area contributed by atoms with Gasteiger partial charge in [0.15, 0.2) is 0 Å². The standard InChI is InChI=1S/C23H22N4O2/c1-15(2)17-7-5-16(6-8-17)14-25-21(28)13-22-26-27-23(29-22)19-9-10-20-18(12-19)4-3-11-24-20/h3-12,15H,13-14H2,1-2H3,(H,25,28). The molecule has 0 aliphatic carbocycles. The number of aromatic nitrogens is 3. The van der Waals surface area contributed by atoms with Crippen molar-refractivity contribution >= 4 is 16.8 Å². The van der Waals surface area contributed by atoms with Crippen molar-refractivity contribution < 1.29 is 9.21 Å². The number of hydrogen-bond acceptors (Lipinski definition) is 5. The van der Waals surface area contributed by atoms with Gasteiger partial charge in [-0.05, 0) is 41.3 Å². The summed E-state index contributed by atoms with van der Waals surface area (Å²) in [6.45, 7) is 4.78. The summed E-state index contributed by atoms with van der Waals surface area (Å²) in [5.74, 6) is 1.02. The van der Waals surface area contributed by atoms with E-state index in [9.17, 15) is 4.79 Å². The van der Waals surface area contributed by atoms with Gasteiger partial charge >= 0.3 is 0 Å². The Hall–Kier alpha value is -3.54. The minimum absolute atomic E-state index is 0.0478. The van der Waals surface area contributed by atoms with Crippen molar-refractivity contribution in [3.05, 3.63) is 77.8 Å². The number of carbonyl (C=O) groups excluding carboxylic acids is 1. The molecule has 0 spiro atoms. The monoisotopic (exact) mass is 386 g/mol. The highest BCUT2D eigenvalue weighted by atomic mass is 16.4. The quantitative estimate of drug-likeness (QED) is 0.535. The van der Waals surface area contributed by atoms with Crippen LogP contribution in [0.3, 0.4) is 0 Å². The molecule has 1 amide bonds. The van der Waals surface area contributed by atoms with Gasteiger partial charge in [0.1, 0.15) is 6.42 Å². The first-order valence-corrected chi connectivity index (χ1v) is 9.61. The lowest BCUT2D eigenvalue weighted by Gasteiger charge is -2.07. The predicted octanol–water partition coefficient (Wildman–Crippen LogP) is 4.27. The fourth-order valence-electron chi connectivity index (χ4n) is 3.07. The first kappa shape index (κ1) is 18.8. The fourth-order valence-corrected chi connectivity index (χ4v) is 3.07. The van der Waals surface area contributed by atoms with Crippen molar-refractivity contribution in [1.82, 2.24) is 20.5 Å². The lowest BCUT2D eigenvalue weighted by molar-refractivity contribution is -0.120. The molecular formula is C23H22N4O2. The van der Waals surface area contributed by atoms with Gasteiger partial charge < -0.3 is 9.73 Å². The van der Waals surface area contributed by atoms with Gasteiger partial charge in [-0.3, -0.25) is 9.78 Å². The number of rotatable bonds is 6. The van der Waals surface area contributed by atoms with E-state index in [4.69, 9.17) is 4.42 Å². The predicted molar refractivity (Wildman–Crippen MR) is 111 cm³/mol. The van der Waals surface area contributed by atoms with E-state index in [0.29, 0.717) is 24.2 Å². The zero-order chi connectivity index (χ0) is 20.2. The molecule has 2 aromatic carbocycles. The van der Waals surface area contributed by atoms with Crippen LogP contribution in [-0.4, -0.2) is 21.1 Å². The molecule has 0 radical (unpaired) electrons. The molecule has 2 aromatic heterocycles. The first-order chi connectivity index (χ1) is 14.1. The Morgan fingerprint density at radius 2 is 1.90 bits per heavy atom. The molecule has 6 heteroatoms. The Morgan fingerprint density at radius 1 is 1.07 bits per heavy atom. The molecule has 0 aliphatic rings. The number of nitrogens with one attached hydrogen (secondary N) is 1. The largest absolute Gasteiger partial charge is 0.420 e. The minimum atomic E-state index is -0.157. The summed E-state index contributed by atoms with van der Waals surface area (Å²) in [5.41, 5.74) is 4.04. The Balaban J connectivity index is 1.37. The normalized spacial score (nSPS) is 11.1. The number of nitrogens with zero attached hydrogens (tertiary/aromatic N) is 3. The summed E-state index contributed by atoms with van der Waals surface area (Å²) in [5, 5.41) is 12.0. The molecule has 6 nitrogen and oxygen atoms in total. The topological polar surface area (TPSA) is 80.9 Å². The molecule has 0 aliphatic heterocycles. The van der Waals surface area contributed by atoms with Gasteiger partial charge in [0.2, 0.25) is 17.7 Å². The maximum atomic E-state index is 12.2. The molecule has 0 atom stereocenters. The number of amides is 1. The number of carbonyl (C=O) groups is 1. The van der Waals surface area contributed by atoms with Crippen molar-refractivity contribution in [2.75, 3.05) is 0 Å². The van der Waals surface area contributed by atoms with Gasteiger partial charge in [0, 0.05) is 23.7 Å². The van der Waals surface area contributed by atoms with Crippen LogP contribution >= 0.6 is 0 Å². The van der Waals surface area contributed by atoms with Crippen LogP contribution < -0.4 is 5.32 Å². The molecule has 0 saturated carbocycles. The summed E-state index contributed by atoms with van der Waals surface area (Å²) in [7, 11) is 0. The van der Waals surface area contributed by atoms with E-state index in [-0.39, 0.29) is 12.3 Å². The van der Waals surface area contributed by atoms with Gasteiger partial charge in [-0.15, -0.1) is 10.2 Å². The van der Waals surface area contributed by atoms with E-state index in [2.05, 4.69) is 46.5 Å². The molecule has 0 fully saturated rings. The van der Waals surface area contributed by atoms with Crippen molar-refractivity contribution in [2.45, 2.75) is 32.7 Å². The van der Waals surface area contributed by atoms with Crippen LogP contribution in [0.2, 0.25) is 0 Å². The van der Waals surface area contributed by atoms with Gasteiger partial charge in [0.25, 0.3) is 0 Å². The van der Waals surface area contributed by atoms with Crippen LogP contribution in [0.1, 0.15) is 36.8 Å². The van der Waals surface area contributed by atoms with E-state index >= 15 is 0 Å². The number of fused-ring (bicyclic) bond motifs is 1. The Morgan fingerprint density at radius 3 is 2.69 bits per heavy atom. The van der Waals surface area contributed by atoms with Crippen molar-refractivity contribution in [3.8, 4) is 11.5 Å². The zero-order valence-corrected chi connectivity index (χ0v) is 16.4. The van der Waals surface area contributed by atoms with Crippen LogP contribution in [-0.2, 0) is 17.8 Å². The minimum Gasteiger partial charge on any atom is -0.420 e. The second-order valence-corrected chi connectivity index (χ2v) is 7.26. The summed E-state index contributed by atoms with van der Waals surface area (Å²) < 4.78 is 5.68. The van der Waals surface area contributed by atoms with Gasteiger partial charge in [-0.1, -0.05) is 44.2 Å². The number of benzene rings is 2. The van der Waals surface area contributed by atoms with E-state index in [0.717, 1.165) is 22.0 Å². The maximum absolute atomic E-state index is 12.2. The molecule has 146 valence electrons. The third-order valence-electron chi connectivity index (χ3n) is 4.76. The second-order valence-electron chi connectivity index (χ2n) is 7.26. The van der Waals surface area contributed by atoms with Crippen LogP contribution in [0.4, 0.5) is 0 Å². The lowest BCUT2D eigenvalue weighted by atomic mass is 10.0. The van der Waals surface area contributed by atoms with Gasteiger partial charge in [-0.25, -0.2) is 0 Å². The lowest BCUT2D eigenvalue weighted by Crippen LogP contribution is -2.24. The highest BCUT2D eigenvalue weighted by Gasteiger charge is 2.13. The van der Waals surface area contributed by atoms with Crippen LogP contribution in [0.5, 0.6) is 0 Å². The molecule has 29 heavy (non-hydrogen) atoms. The van der Waals surface area contributed by atoms with E-state index in [1.807, 2.05) is 42.5 Å². The average molecular weight is 386 g/mol. The second kappa shape index (κ2) is 8.22. The van der Waals surface area contributed by atoms with Crippen molar-refractivity contribution in [2.24, 2.45) is 0 Å². The van der Waals surface area contributed by atoms with E-state index in [1.54, 1.807) is 6.20 Å². The fraction of sp³-hybridized carbons (Fsp3) is 0.217. The van der Waals surface area contributed by atoms with Gasteiger partial charge in [-0.2, -0.15) is 0 Å². The SMILES string of the molecule is CC(C)c1ccc(CNC(=O)Cc2nnc(-c3ccc4ncccc4c3)o2)cc1. The van der Waals surface area contributed by atoms with E-state index in [1.165, 1.54) is 5.56 Å². The Kier molecular flexibility index (Phi) is 5.33. The number of pyridine rings is 1. The third kappa shape index (κ3) is 4.48. The summed E-state index contributed by atoms with van der Waals surface area (Å²) in [6.07, 6.45) is 1.80.